The largest absolute Gasteiger partial charge is 0.322 e. The van der Waals surface area contributed by atoms with E-state index in [9.17, 15) is 14.4 Å². The summed E-state index contributed by atoms with van der Waals surface area (Å²) in [5.41, 5.74) is 2.96. The van der Waals surface area contributed by atoms with Crippen molar-refractivity contribution in [2.75, 3.05) is 18.0 Å². The van der Waals surface area contributed by atoms with E-state index in [1.54, 1.807) is 11.8 Å². The van der Waals surface area contributed by atoms with Crippen LogP contribution >= 0.6 is 0 Å². The summed E-state index contributed by atoms with van der Waals surface area (Å²) in [6, 6.07) is 17.8. The van der Waals surface area contributed by atoms with Gasteiger partial charge in [-0.1, -0.05) is 69.2 Å². The van der Waals surface area contributed by atoms with Gasteiger partial charge in [0.15, 0.2) is 0 Å². The van der Waals surface area contributed by atoms with E-state index >= 15 is 0 Å². The van der Waals surface area contributed by atoms with Crippen molar-refractivity contribution in [3.8, 4) is 11.1 Å². The highest BCUT2D eigenvalue weighted by atomic mass is 16.2. The number of hydrogen-bond donors (Lipinski definition) is 0. The maximum Gasteiger partial charge on any atom is 0.290 e. The van der Waals surface area contributed by atoms with Crippen LogP contribution in [0.5, 0.6) is 0 Å². The lowest BCUT2D eigenvalue weighted by atomic mass is 10.0. The molecule has 2 amide bonds. The molecule has 0 aromatic heterocycles. The molecule has 0 radical (unpaired) electrons. The predicted molar refractivity (Wildman–Crippen MR) is 115 cm³/mol. The van der Waals surface area contributed by atoms with Crippen LogP contribution in [-0.2, 0) is 14.4 Å². The quantitative estimate of drug-likeness (QED) is 0.668. The second kappa shape index (κ2) is 9.50. The number of nitrogens with zero attached hydrogens (tertiary/aromatic N) is 2. The van der Waals surface area contributed by atoms with Crippen LogP contribution in [0.2, 0.25) is 0 Å². The highest BCUT2D eigenvalue weighted by Crippen LogP contribution is 2.28. The van der Waals surface area contributed by atoms with Gasteiger partial charge in [-0.3, -0.25) is 14.4 Å². The first kappa shape index (κ1) is 20.8. The number of carbonyl (C=O) groups is 3. The molecule has 1 aliphatic heterocycles. The van der Waals surface area contributed by atoms with Crippen molar-refractivity contribution in [2.45, 2.75) is 45.6 Å². The van der Waals surface area contributed by atoms with Crippen molar-refractivity contribution >= 4 is 23.3 Å². The molecular weight excluding hydrogens is 364 g/mol. The molecule has 2 aromatic rings. The molecule has 0 aliphatic carbocycles. The average molecular weight is 392 g/mol. The number of amides is 2. The van der Waals surface area contributed by atoms with Gasteiger partial charge >= 0.3 is 0 Å². The number of Topliss-reactive ketones (excluding diaryl/α,β-unsaturated/α-hetero) is 1. The standard InChI is InChI=1S/C24H28N2O3/c1-3-5-13-21-16-25(23(28)17-26(21)24(29)22(27)4-2)20-14-9-12-19(15-20)18-10-7-6-8-11-18/h6-12,14-15,21H,3-5,13,16-17H2,1-2H3/t21-/m0/s1. The molecular formula is C24H28N2O3. The minimum Gasteiger partial charge on any atom is -0.322 e. The van der Waals surface area contributed by atoms with E-state index in [0.29, 0.717) is 6.54 Å². The number of ketones is 1. The second-order valence-electron chi connectivity index (χ2n) is 7.43. The Balaban J connectivity index is 1.86. The van der Waals surface area contributed by atoms with E-state index in [4.69, 9.17) is 0 Å². The van der Waals surface area contributed by atoms with Gasteiger partial charge < -0.3 is 9.80 Å². The zero-order valence-corrected chi connectivity index (χ0v) is 17.1. The third-order valence-corrected chi connectivity index (χ3v) is 5.42. The summed E-state index contributed by atoms with van der Waals surface area (Å²) in [6.07, 6.45) is 2.88. The van der Waals surface area contributed by atoms with Crippen molar-refractivity contribution in [3.05, 3.63) is 54.6 Å². The monoisotopic (exact) mass is 392 g/mol. The first-order chi connectivity index (χ1) is 14.0. The lowest BCUT2D eigenvalue weighted by molar-refractivity contribution is -0.148. The number of piperazine rings is 1. The molecule has 29 heavy (non-hydrogen) atoms. The lowest BCUT2D eigenvalue weighted by Crippen LogP contribution is -2.59. The van der Waals surface area contributed by atoms with E-state index < -0.39 is 11.7 Å². The maximum absolute atomic E-state index is 12.9. The fourth-order valence-electron chi connectivity index (χ4n) is 3.74. The Morgan fingerprint density at radius 3 is 2.41 bits per heavy atom. The number of carbonyl (C=O) groups excluding carboxylic acids is 3. The highest BCUT2D eigenvalue weighted by Gasteiger charge is 2.37. The summed E-state index contributed by atoms with van der Waals surface area (Å²) >= 11 is 0. The van der Waals surface area contributed by atoms with Crippen molar-refractivity contribution < 1.29 is 14.4 Å². The Morgan fingerprint density at radius 2 is 1.72 bits per heavy atom. The normalized spacial score (nSPS) is 16.8. The van der Waals surface area contributed by atoms with Crippen LogP contribution in [0.3, 0.4) is 0 Å². The third-order valence-electron chi connectivity index (χ3n) is 5.42. The Hall–Kier alpha value is -2.95. The maximum atomic E-state index is 12.9. The van der Waals surface area contributed by atoms with Gasteiger partial charge in [-0.2, -0.15) is 0 Å². The number of unbranched alkanes of at least 4 members (excludes halogenated alkanes) is 1. The smallest absolute Gasteiger partial charge is 0.290 e. The van der Waals surface area contributed by atoms with Crippen molar-refractivity contribution in [3.63, 3.8) is 0 Å². The topological polar surface area (TPSA) is 57.7 Å². The summed E-state index contributed by atoms with van der Waals surface area (Å²) in [5, 5.41) is 0. The first-order valence-corrected chi connectivity index (χ1v) is 10.3. The number of rotatable bonds is 7. The number of hydrogen-bond acceptors (Lipinski definition) is 3. The minimum absolute atomic E-state index is 0.0471. The van der Waals surface area contributed by atoms with E-state index in [1.165, 1.54) is 4.90 Å². The molecule has 1 atom stereocenters. The van der Waals surface area contributed by atoms with Gasteiger partial charge in [-0.15, -0.1) is 0 Å². The first-order valence-electron chi connectivity index (χ1n) is 10.3. The fourth-order valence-corrected chi connectivity index (χ4v) is 3.74. The molecule has 1 saturated heterocycles. The zero-order chi connectivity index (χ0) is 20.8. The molecule has 2 aromatic carbocycles. The predicted octanol–water partition coefficient (Wildman–Crippen LogP) is 4.07. The molecule has 0 saturated carbocycles. The van der Waals surface area contributed by atoms with Crippen LogP contribution in [-0.4, -0.2) is 41.6 Å². The van der Waals surface area contributed by atoms with Gasteiger partial charge in [0.2, 0.25) is 11.7 Å². The summed E-state index contributed by atoms with van der Waals surface area (Å²) in [5.74, 6) is -1.11. The van der Waals surface area contributed by atoms with Crippen molar-refractivity contribution in [1.29, 1.82) is 0 Å². The molecule has 0 N–H and O–H groups in total. The Labute approximate surface area is 172 Å². The molecule has 3 rings (SSSR count). The van der Waals surface area contributed by atoms with E-state index in [-0.39, 0.29) is 24.9 Å². The highest BCUT2D eigenvalue weighted by molar-refractivity contribution is 6.36. The van der Waals surface area contributed by atoms with Gasteiger partial charge in [0, 0.05) is 18.7 Å². The Bertz CT molecular complexity index is 879. The summed E-state index contributed by atoms with van der Waals surface area (Å²) in [7, 11) is 0. The molecule has 1 fully saturated rings. The molecule has 1 aliphatic rings. The van der Waals surface area contributed by atoms with Gasteiger partial charge in [-0.05, 0) is 29.7 Å². The van der Waals surface area contributed by atoms with Crippen molar-refractivity contribution in [2.24, 2.45) is 0 Å². The van der Waals surface area contributed by atoms with Crippen LogP contribution < -0.4 is 4.90 Å². The molecule has 5 heteroatoms. The molecule has 1 heterocycles. The van der Waals surface area contributed by atoms with Crippen LogP contribution in [0.25, 0.3) is 11.1 Å². The van der Waals surface area contributed by atoms with Crippen LogP contribution in [0.1, 0.15) is 39.5 Å². The molecule has 0 unspecified atom stereocenters. The van der Waals surface area contributed by atoms with Gasteiger partial charge in [-0.25, -0.2) is 0 Å². The zero-order valence-electron chi connectivity index (χ0n) is 17.1. The summed E-state index contributed by atoms with van der Waals surface area (Å²) in [4.78, 5) is 40.7. The van der Waals surface area contributed by atoms with Crippen LogP contribution in [0.15, 0.2) is 54.6 Å². The van der Waals surface area contributed by atoms with Gasteiger partial charge in [0.05, 0.1) is 6.04 Å². The minimum atomic E-state index is -0.528. The van der Waals surface area contributed by atoms with E-state index in [1.807, 2.05) is 54.6 Å². The lowest BCUT2D eigenvalue weighted by Gasteiger charge is -2.41. The van der Waals surface area contributed by atoms with E-state index in [0.717, 1.165) is 36.1 Å². The van der Waals surface area contributed by atoms with Crippen LogP contribution in [0.4, 0.5) is 5.69 Å². The van der Waals surface area contributed by atoms with Gasteiger partial charge in [0.1, 0.15) is 6.54 Å². The van der Waals surface area contributed by atoms with Gasteiger partial charge in [0.25, 0.3) is 5.91 Å². The van der Waals surface area contributed by atoms with Crippen LogP contribution in [0, 0.1) is 0 Å². The molecule has 0 spiro atoms. The fraction of sp³-hybridized carbons (Fsp3) is 0.375. The molecule has 152 valence electrons. The second-order valence-corrected chi connectivity index (χ2v) is 7.43. The van der Waals surface area contributed by atoms with E-state index in [2.05, 4.69) is 6.92 Å². The summed E-state index contributed by atoms with van der Waals surface area (Å²) in [6.45, 7) is 4.14. The number of benzene rings is 2. The summed E-state index contributed by atoms with van der Waals surface area (Å²) < 4.78 is 0. The third kappa shape index (κ3) is 4.73. The molecule has 5 nitrogen and oxygen atoms in total. The SMILES string of the molecule is CCCC[C@H]1CN(c2cccc(-c3ccccc3)c2)C(=O)CN1C(=O)C(=O)CC. The van der Waals surface area contributed by atoms with Crippen molar-refractivity contribution in [1.82, 2.24) is 4.90 Å². The number of anilines is 1. The Morgan fingerprint density at radius 1 is 1.00 bits per heavy atom. The average Bonchev–Trinajstić information content (AvgIpc) is 2.77. The molecule has 0 bridgehead atoms. The Kier molecular flexibility index (Phi) is 6.81.